The molecule has 4 nitrogen and oxygen atoms in total. The number of rotatable bonds is 2. The Morgan fingerprint density at radius 3 is 1.31 bits per heavy atom. The van der Waals surface area contributed by atoms with Crippen LogP contribution < -0.4 is 54.0 Å². The Morgan fingerprint density at radius 1 is 1.15 bits per heavy atom. The van der Waals surface area contributed by atoms with Gasteiger partial charge in [0.1, 0.15) is 6.23 Å². The fourth-order valence-corrected chi connectivity index (χ4v) is 0. The largest absolute Gasteiger partial charge is 3.00 e. The van der Waals surface area contributed by atoms with Gasteiger partial charge in [0.25, 0.3) is 0 Å². The molecule has 0 aliphatic carbocycles. The maximum Gasteiger partial charge on any atom is 3.00 e. The van der Waals surface area contributed by atoms with Gasteiger partial charge >= 0.3 is 17.1 Å². The summed E-state index contributed by atoms with van der Waals surface area (Å²) in [5, 5.41) is 10.8. The third kappa shape index (κ3) is 93.3. The molecule has 87 valence electrons. The molecular formula is C5H17Cl3FeN3O. The molecule has 1 radical (unpaired) electrons. The third-order valence-corrected chi connectivity index (χ3v) is 0.584. The fourth-order valence-electron chi connectivity index (χ4n) is 0. The van der Waals surface area contributed by atoms with Crippen LogP contribution in [0.15, 0.2) is 0 Å². The van der Waals surface area contributed by atoms with E-state index in [2.05, 4.69) is 5.32 Å². The van der Waals surface area contributed by atoms with Gasteiger partial charge in [-0.1, -0.05) is 0 Å². The van der Waals surface area contributed by atoms with Crippen molar-refractivity contribution in [3.8, 4) is 0 Å². The van der Waals surface area contributed by atoms with Crippen LogP contribution in [-0.4, -0.2) is 31.5 Å². The average molecular weight is 297 g/mol. The quantitative estimate of drug-likeness (QED) is 0.301. The van der Waals surface area contributed by atoms with E-state index in [1.54, 1.807) is 14.0 Å². The zero-order valence-corrected chi connectivity index (χ0v) is 11.0. The van der Waals surface area contributed by atoms with Gasteiger partial charge in [-0.2, -0.15) is 0 Å². The standard InChI is InChI=1S/C3H9NO.C2H8N2.3ClH.Fe/c1-3(5)4-2;3-1-2-4;;;;/h3-5H,1-2H3;1-4H2;3*1H;/q;;;;;+3/p-3. The summed E-state index contributed by atoms with van der Waals surface area (Å²) in [5.74, 6) is 0. The van der Waals surface area contributed by atoms with Crippen LogP contribution >= 0.6 is 0 Å². The number of aliphatic hydroxyl groups excluding tert-OH is 1. The molecule has 8 heteroatoms. The van der Waals surface area contributed by atoms with Gasteiger partial charge in [-0.05, 0) is 14.0 Å². The topological polar surface area (TPSA) is 84.3 Å². The van der Waals surface area contributed by atoms with Crippen molar-refractivity contribution in [2.45, 2.75) is 13.2 Å². The predicted molar refractivity (Wildman–Crippen MR) is 38.8 cm³/mol. The maximum absolute atomic E-state index is 8.25. The van der Waals surface area contributed by atoms with Crippen molar-refractivity contribution >= 4 is 0 Å². The molecule has 0 rings (SSSR count). The molecule has 6 N–H and O–H groups in total. The van der Waals surface area contributed by atoms with Crippen molar-refractivity contribution in [3.05, 3.63) is 0 Å². The van der Waals surface area contributed by atoms with Gasteiger partial charge in [0.05, 0.1) is 0 Å². The molecule has 0 saturated carbocycles. The summed E-state index contributed by atoms with van der Waals surface area (Å²) in [5.41, 5.74) is 9.81. The fraction of sp³-hybridized carbons (Fsp3) is 1.00. The number of hydrogen-bond donors (Lipinski definition) is 4. The summed E-state index contributed by atoms with van der Waals surface area (Å²) >= 11 is 0. The molecule has 0 heterocycles. The molecule has 1 atom stereocenters. The van der Waals surface area contributed by atoms with E-state index in [1.807, 2.05) is 0 Å². The van der Waals surface area contributed by atoms with Gasteiger partial charge < -0.3 is 53.8 Å². The van der Waals surface area contributed by atoms with Crippen LogP contribution in [0.4, 0.5) is 0 Å². The van der Waals surface area contributed by atoms with E-state index in [0.29, 0.717) is 13.1 Å². The van der Waals surface area contributed by atoms with Gasteiger partial charge in [-0.15, -0.1) is 0 Å². The summed E-state index contributed by atoms with van der Waals surface area (Å²) < 4.78 is 0. The van der Waals surface area contributed by atoms with Gasteiger partial charge in [0.15, 0.2) is 0 Å². The zero-order chi connectivity index (χ0) is 7.70. The molecule has 0 fully saturated rings. The Hall–Kier alpha value is 1.23. The summed E-state index contributed by atoms with van der Waals surface area (Å²) in [6.45, 7) is 2.86. The smallest absolute Gasteiger partial charge is 1.00 e. The van der Waals surface area contributed by atoms with Crippen LogP contribution in [0, 0.1) is 0 Å². The van der Waals surface area contributed by atoms with Crippen LogP contribution in [0.2, 0.25) is 0 Å². The first-order valence-electron chi connectivity index (χ1n) is 2.94. The number of aliphatic hydroxyl groups is 1. The summed E-state index contributed by atoms with van der Waals surface area (Å²) in [7, 11) is 1.70. The number of nitrogens with two attached hydrogens (primary N) is 2. The molecule has 0 aliphatic rings. The minimum Gasteiger partial charge on any atom is -1.00 e. The Labute approximate surface area is 109 Å². The maximum atomic E-state index is 8.25. The van der Waals surface area contributed by atoms with E-state index in [0.717, 1.165) is 0 Å². The van der Waals surface area contributed by atoms with Crippen LogP contribution in [0.1, 0.15) is 6.92 Å². The van der Waals surface area contributed by atoms with Crippen molar-refractivity contribution in [1.82, 2.24) is 5.32 Å². The molecule has 0 saturated heterocycles. The number of hydrogen-bond acceptors (Lipinski definition) is 4. The van der Waals surface area contributed by atoms with E-state index in [-0.39, 0.29) is 60.5 Å². The zero-order valence-electron chi connectivity index (χ0n) is 7.58. The first-order chi connectivity index (χ1) is 4.18. The second kappa shape index (κ2) is 37.9. The van der Waals surface area contributed by atoms with E-state index in [4.69, 9.17) is 16.6 Å². The molecular weight excluding hydrogens is 280 g/mol. The first-order valence-corrected chi connectivity index (χ1v) is 2.94. The Bertz CT molecular complexity index is 54.0. The van der Waals surface area contributed by atoms with Crippen molar-refractivity contribution in [1.29, 1.82) is 0 Å². The van der Waals surface area contributed by atoms with Gasteiger partial charge in [0, 0.05) is 13.1 Å². The van der Waals surface area contributed by atoms with Crippen molar-refractivity contribution in [2.24, 2.45) is 11.5 Å². The van der Waals surface area contributed by atoms with E-state index in [1.165, 1.54) is 0 Å². The molecule has 1 unspecified atom stereocenters. The summed E-state index contributed by atoms with van der Waals surface area (Å²) in [6, 6.07) is 0. The predicted octanol–water partition coefficient (Wildman–Crippen LogP) is -10.5. The molecule has 0 amide bonds. The van der Waals surface area contributed by atoms with Crippen molar-refractivity contribution in [2.75, 3.05) is 20.1 Å². The Kier molecular flexibility index (Phi) is 107. The second-order valence-electron chi connectivity index (χ2n) is 1.54. The van der Waals surface area contributed by atoms with Gasteiger partial charge in [-0.25, -0.2) is 0 Å². The van der Waals surface area contributed by atoms with Crippen molar-refractivity contribution in [3.63, 3.8) is 0 Å². The number of nitrogens with one attached hydrogen (secondary N) is 1. The second-order valence-corrected chi connectivity index (χ2v) is 1.54. The monoisotopic (exact) mass is 296 g/mol. The van der Waals surface area contributed by atoms with E-state index in [9.17, 15) is 0 Å². The van der Waals surface area contributed by atoms with Crippen LogP contribution in [-0.2, 0) is 17.1 Å². The number of halogens is 3. The SMILES string of the molecule is CNC(C)O.NCCN.[Cl-].[Cl-].[Cl-].[Fe+3]. The minimum atomic E-state index is -0.366. The molecule has 0 aromatic heterocycles. The summed E-state index contributed by atoms with van der Waals surface area (Å²) in [6.07, 6.45) is -0.366. The normalized spacial score (nSPS) is 8.08. The van der Waals surface area contributed by atoms with E-state index >= 15 is 0 Å². The van der Waals surface area contributed by atoms with Gasteiger partial charge in [0.2, 0.25) is 0 Å². The van der Waals surface area contributed by atoms with Gasteiger partial charge in [-0.3, -0.25) is 5.32 Å². The Morgan fingerprint density at radius 2 is 1.31 bits per heavy atom. The molecule has 13 heavy (non-hydrogen) atoms. The average Bonchev–Trinajstić information content (AvgIpc) is 1.89. The molecule has 0 spiro atoms. The van der Waals surface area contributed by atoms with Crippen molar-refractivity contribution < 1.29 is 59.4 Å². The summed E-state index contributed by atoms with van der Waals surface area (Å²) in [4.78, 5) is 0. The first kappa shape index (κ1) is 36.8. The molecule has 0 aromatic carbocycles. The molecule has 0 bridgehead atoms. The van der Waals surface area contributed by atoms with Crippen LogP contribution in [0.5, 0.6) is 0 Å². The molecule has 0 aromatic rings. The van der Waals surface area contributed by atoms with Crippen LogP contribution in [0.3, 0.4) is 0 Å². The Balaban J connectivity index is -0.0000000146. The minimum absolute atomic E-state index is 0. The molecule has 0 aliphatic heterocycles. The van der Waals surface area contributed by atoms with E-state index < -0.39 is 0 Å². The van der Waals surface area contributed by atoms with Crippen LogP contribution in [0.25, 0.3) is 0 Å². The third-order valence-electron chi connectivity index (χ3n) is 0.584.